The monoisotopic (exact) mass is 434 g/mol. The maximum atomic E-state index is 12.8. The number of esters is 1. The summed E-state index contributed by atoms with van der Waals surface area (Å²) in [5.41, 5.74) is 0.817. The van der Waals surface area contributed by atoms with Crippen LogP contribution >= 0.6 is 22.9 Å². The average molecular weight is 435 g/mol. The van der Waals surface area contributed by atoms with Gasteiger partial charge >= 0.3 is 5.97 Å². The summed E-state index contributed by atoms with van der Waals surface area (Å²) >= 11 is 7.20. The van der Waals surface area contributed by atoms with E-state index in [-0.39, 0.29) is 17.7 Å². The van der Waals surface area contributed by atoms with Crippen LogP contribution in [0.1, 0.15) is 44.8 Å². The van der Waals surface area contributed by atoms with E-state index in [1.165, 1.54) is 18.3 Å². The van der Waals surface area contributed by atoms with Gasteiger partial charge in [-0.15, -0.1) is 11.3 Å². The number of hydrogen-bond acceptors (Lipinski definition) is 6. The summed E-state index contributed by atoms with van der Waals surface area (Å²) in [6, 6.07) is 10.0. The van der Waals surface area contributed by atoms with E-state index in [4.69, 9.17) is 16.3 Å². The fourth-order valence-corrected chi connectivity index (χ4v) is 4.34. The van der Waals surface area contributed by atoms with Gasteiger partial charge in [-0.1, -0.05) is 23.7 Å². The molecule has 1 saturated heterocycles. The Bertz CT molecular complexity index is 888. The molecule has 2 heterocycles. The first-order chi connectivity index (χ1) is 13.9. The van der Waals surface area contributed by atoms with Gasteiger partial charge in [0.25, 0.3) is 5.91 Å². The number of ether oxygens (including phenoxy) is 1. The summed E-state index contributed by atoms with van der Waals surface area (Å²) in [5.74, 6) is -0.431. The first kappa shape index (κ1) is 21.5. The molecule has 1 fully saturated rings. The minimum absolute atomic E-state index is 0.0425. The van der Waals surface area contributed by atoms with Crippen molar-refractivity contribution >= 4 is 40.6 Å². The largest absolute Gasteiger partial charge is 0.465 e. The third-order valence-electron chi connectivity index (χ3n) is 4.83. The van der Waals surface area contributed by atoms with Crippen molar-refractivity contribution in [1.29, 1.82) is 0 Å². The number of nitrogens with zero attached hydrogens (tertiary/aromatic N) is 2. The van der Waals surface area contributed by atoms with E-state index < -0.39 is 6.04 Å². The number of piperazine rings is 1. The zero-order valence-corrected chi connectivity index (χ0v) is 18.0. The number of hydrogen-bond donors (Lipinski definition) is 0. The minimum Gasteiger partial charge on any atom is -0.465 e. The number of carbonyl (C=O) groups excluding carboxylic acids is 3. The molecule has 0 spiro atoms. The molecule has 3 rings (SSSR count). The zero-order valence-electron chi connectivity index (χ0n) is 16.4. The predicted molar refractivity (Wildman–Crippen MR) is 113 cm³/mol. The van der Waals surface area contributed by atoms with Gasteiger partial charge in [0.05, 0.1) is 16.4 Å². The molecule has 8 heteroatoms. The molecule has 2 aromatic rings. The lowest BCUT2D eigenvalue weighted by atomic mass is 10.0. The van der Waals surface area contributed by atoms with Crippen molar-refractivity contribution in [3.63, 3.8) is 0 Å². The molecule has 0 unspecified atom stereocenters. The number of benzene rings is 1. The Morgan fingerprint density at radius 1 is 1.03 bits per heavy atom. The van der Waals surface area contributed by atoms with Crippen molar-refractivity contribution < 1.29 is 19.1 Å². The van der Waals surface area contributed by atoms with Crippen molar-refractivity contribution in [2.45, 2.75) is 19.9 Å². The van der Waals surface area contributed by atoms with Crippen molar-refractivity contribution in [1.82, 2.24) is 9.80 Å². The molecule has 1 aromatic heterocycles. The molecular formula is C21H23ClN2O4S. The van der Waals surface area contributed by atoms with Crippen molar-refractivity contribution in [2.24, 2.45) is 0 Å². The molecule has 29 heavy (non-hydrogen) atoms. The van der Waals surface area contributed by atoms with Gasteiger partial charge in [-0.05, 0) is 43.7 Å². The molecule has 1 aliphatic rings. The second-order valence-electron chi connectivity index (χ2n) is 6.75. The summed E-state index contributed by atoms with van der Waals surface area (Å²) in [5, 5.41) is 0.604. The fraction of sp³-hybridized carbons (Fsp3) is 0.381. The van der Waals surface area contributed by atoms with Crippen molar-refractivity contribution in [3.8, 4) is 0 Å². The lowest BCUT2D eigenvalue weighted by Gasteiger charge is -2.38. The highest BCUT2D eigenvalue weighted by Crippen LogP contribution is 2.26. The number of carbonyl (C=O) groups is 3. The summed E-state index contributed by atoms with van der Waals surface area (Å²) in [4.78, 5) is 41.8. The second-order valence-corrected chi connectivity index (χ2v) is 8.27. The maximum absolute atomic E-state index is 12.8. The number of amides is 1. The third kappa shape index (κ3) is 5.04. The van der Waals surface area contributed by atoms with Crippen molar-refractivity contribution in [3.05, 3.63) is 56.7 Å². The quantitative estimate of drug-likeness (QED) is 0.512. The SMILES string of the molecule is CCOC(=O)[C@H](c1ccc(Cl)cc1)N1CCN(C(=O)c2ccc(C(C)=O)s2)CC1. The summed E-state index contributed by atoms with van der Waals surface area (Å²) in [7, 11) is 0. The van der Waals surface area contributed by atoms with E-state index in [0.29, 0.717) is 47.6 Å². The minimum atomic E-state index is -0.532. The number of halogens is 1. The van der Waals surface area contributed by atoms with Crippen LogP contribution in [0.5, 0.6) is 0 Å². The standard InChI is InChI=1S/C21H23ClN2O4S/c1-3-28-21(27)19(15-4-6-16(22)7-5-15)23-10-12-24(13-11-23)20(26)18-9-8-17(29-18)14(2)25/h4-9,19H,3,10-13H2,1-2H3/t19-/m0/s1. The van der Waals surface area contributed by atoms with Gasteiger partial charge in [-0.25, -0.2) is 4.79 Å². The van der Waals surface area contributed by atoms with Crippen LogP contribution in [0.2, 0.25) is 5.02 Å². The molecule has 154 valence electrons. The summed E-state index contributed by atoms with van der Waals surface area (Å²) < 4.78 is 5.29. The van der Waals surface area contributed by atoms with E-state index in [2.05, 4.69) is 0 Å². The first-order valence-corrected chi connectivity index (χ1v) is 10.7. The van der Waals surface area contributed by atoms with Crippen LogP contribution in [0.15, 0.2) is 36.4 Å². The highest BCUT2D eigenvalue weighted by molar-refractivity contribution is 7.15. The van der Waals surface area contributed by atoms with E-state index >= 15 is 0 Å². The molecule has 0 bridgehead atoms. The highest BCUT2D eigenvalue weighted by Gasteiger charge is 2.33. The zero-order chi connectivity index (χ0) is 21.0. The summed E-state index contributed by atoms with van der Waals surface area (Å²) in [6.07, 6.45) is 0. The molecule has 1 atom stereocenters. The van der Waals surface area contributed by atoms with Crippen LogP contribution in [0.4, 0.5) is 0 Å². The van der Waals surface area contributed by atoms with Crippen LogP contribution in [0.3, 0.4) is 0 Å². The molecule has 0 saturated carbocycles. The Hall–Kier alpha value is -2.22. The molecule has 1 aromatic carbocycles. The number of ketones is 1. The van der Waals surface area contributed by atoms with Crippen LogP contribution in [0, 0.1) is 0 Å². The van der Waals surface area contributed by atoms with Crippen LogP contribution in [0.25, 0.3) is 0 Å². The Morgan fingerprint density at radius 3 is 2.21 bits per heavy atom. The van der Waals surface area contributed by atoms with Gasteiger partial charge in [0.15, 0.2) is 5.78 Å². The topological polar surface area (TPSA) is 66.9 Å². The molecule has 0 N–H and O–H groups in total. The predicted octanol–water partition coefficient (Wildman–Crippen LogP) is 3.67. The maximum Gasteiger partial charge on any atom is 0.328 e. The van der Waals surface area contributed by atoms with E-state index in [9.17, 15) is 14.4 Å². The molecule has 0 radical (unpaired) electrons. The Kier molecular flexibility index (Phi) is 7.05. The Labute approximate surface area is 179 Å². The van der Waals surface area contributed by atoms with Gasteiger partial charge < -0.3 is 9.64 Å². The van der Waals surface area contributed by atoms with Gasteiger partial charge in [0.2, 0.25) is 0 Å². The summed E-state index contributed by atoms with van der Waals surface area (Å²) in [6.45, 7) is 5.66. The van der Waals surface area contributed by atoms with Gasteiger partial charge in [-0.2, -0.15) is 0 Å². The number of Topliss-reactive ketones (excluding diaryl/α,β-unsaturated/α-hetero) is 1. The Morgan fingerprint density at radius 2 is 1.66 bits per heavy atom. The number of rotatable bonds is 6. The molecule has 1 amide bonds. The van der Waals surface area contributed by atoms with Gasteiger partial charge in [0, 0.05) is 31.2 Å². The number of thiophene rings is 1. The molecular weight excluding hydrogens is 412 g/mol. The Balaban J connectivity index is 1.70. The first-order valence-electron chi connectivity index (χ1n) is 9.47. The normalized spacial score (nSPS) is 15.8. The smallest absolute Gasteiger partial charge is 0.328 e. The molecule has 6 nitrogen and oxygen atoms in total. The van der Waals surface area contributed by atoms with Gasteiger partial charge in [-0.3, -0.25) is 14.5 Å². The fourth-order valence-electron chi connectivity index (χ4n) is 3.34. The lowest BCUT2D eigenvalue weighted by molar-refractivity contribution is -0.150. The van der Waals surface area contributed by atoms with E-state index in [1.54, 1.807) is 36.1 Å². The molecule has 0 aliphatic carbocycles. The lowest BCUT2D eigenvalue weighted by Crippen LogP contribution is -2.51. The van der Waals surface area contributed by atoms with Crippen LogP contribution in [-0.4, -0.2) is 60.2 Å². The van der Waals surface area contributed by atoms with E-state index in [1.807, 2.05) is 17.0 Å². The van der Waals surface area contributed by atoms with Gasteiger partial charge in [0.1, 0.15) is 6.04 Å². The van der Waals surface area contributed by atoms with Crippen molar-refractivity contribution in [2.75, 3.05) is 32.8 Å². The highest BCUT2D eigenvalue weighted by atomic mass is 35.5. The third-order valence-corrected chi connectivity index (χ3v) is 6.25. The van der Waals surface area contributed by atoms with Crippen LogP contribution < -0.4 is 0 Å². The molecule has 1 aliphatic heterocycles. The van der Waals surface area contributed by atoms with E-state index in [0.717, 1.165) is 5.56 Å². The van der Waals surface area contributed by atoms with Crippen LogP contribution in [-0.2, 0) is 9.53 Å². The second kappa shape index (κ2) is 9.52. The average Bonchev–Trinajstić information content (AvgIpc) is 3.20.